The first kappa shape index (κ1) is 24.2. The molecule has 0 saturated heterocycles. The van der Waals surface area contributed by atoms with Crippen molar-refractivity contribution < 1.29 is 17.9 Å². The summed E-state index contributed by atoms with van der Waals surface area (Å²) in [5.41, 5.74) is 1.26. The van der Waals surface area contributed by atoms with Gasteiger partial charge in [0.15, 0.2) is 4.80 Å². The molecule has 172 valence electrons. The van der Waals surface area contributed by atoms with Gasteiger partial charge in [-0.15, -0.1) is 0 Å². The van der Waals surface area contributed by atoms with Crippen molar-refractivity contribution in [3.8, 4) is 5.75 Å². The number of para-hydroxylation sites is 1. The van der Waals surface area contributed by atoms with E-state index in [9.17, 15) is 13.2 Å². The zero-order chi connectivity index (χ0) is 23.3. The molecule has 0 unspecified atom stereocenters. The number of hydrogen-bond donors (Lipinski definition) is 0. The van der Waals surface area contributed by atoms with Gasteiger partial charge in [0, 0.05) is 25.7 Å². The van der Waals surface area contributed by atoms with Crippen molar-refractivity contribution in [1.29, 1.82) is 0 Å². The van der Waals surface area contributed by atoms with Crippen LogP contribution in [-0.2, 0) is 16.6 Å². The summed E-state index contributed by atoms with van der Waals surface area (Å²) >= 11 is 1.43. The Hall–Kier alpha value is -2.49. The van der Waals surface area contributed by atoms with Crippen molar-refractivity contribution in [1.82, 2.24) is 8.87 Å². The minimum Gasteiger partial charge on any atom is -0.495 e. The molecule has 3 aromatic rings. The highest BCUT2D eigenvalue weighted by molar-refractivity contribution is 7.89. The van der Waals surface area contributed by atoms with E-state index in [2.05, 4.69) is 11.9 Å². The van der Waals surface area contributed by atoms with Crippen LogP contribution in [0, 0.1) is 0 Å². The Bertz CT molecular complexity index is 1260. The number of carbonyl (C=O) groups excluding carboxylic acids is 1. The molecule has 32 heavy (non-hydrogen) atoms. The Morgan fingerprint density at radius 2 is 1.84 bits per heavy atom. The first-order valence-electron chi connectivity index (χ1n) is 10.6. The predicted octanol–water partition coefficient (Wildman–Crippen LogP) is 4.28. The second kappa shape index (κ2) is 10.4. The number of aryl methyl sites for hydroxylation is 1. The fourth-order valence-corrected chi connectivity index (χ4v) is 5.66. The van der Waals surface area contributed by atoms with Crippen LogP contribution < -0.4 is 9.54 Å². The van der Waals surface area contributed by atoms with Crippen LogP contribution in [0.5, 0.6) is 5.75 Å². The summed E-state index contributed by atoms with van der Waals surface area (Å²) in [6, 6.07) is 11.8. The molecule has 2 aromatic carbocycles. The van der Waals surface area contributed by atoms with Crippen LogP contribution in [-0.4, -0.2) is 43.9 Å². The molecule has 0 aliphatic carbocycles. The third kappa shape index (κ3) is 4.95. The van der Waals surface area contributed by atoms with Crippen LogP contribution in [0.1, 0.15) is 43.5 Å². The second-order valence-corrected chi connectivity index (χ2v) is 10.5. The summed E-state index contributed by atoms with van der Waals surface area (Å²) in [4.78, 5) is 18.0. The number of amides is 1. The number of nitrogens with zero attached hydrogens (tertiary/aromatic N) is 3. The highest BCUT2D eigenvalue weighted by Gasteiger charge is 2.20. The average molecular weight is 476 g/mol. The zero-order valence-corrected chi connectivity index (χ0v) is 20.5. The Morgan fingerprint density at radius 3 is 2.47 bits per heavy atom. The van der Waals surface area contributed by atoms with E-state index in [0.717, 1.165) is 35.2 Å². The predicted molar refractivity (Wildman–Crippen MR) is 128 cm³/mol. The standard InChI is InChI=1S/C23H29N3O4S2/c1-5-7-16-25(3)32(28,29)18-13-11-17(12-14-18)22(27)24-23-26(15-6-2)21-19(30-4)9-8-10-20(21)31-23/h8-14H,5-7,15-16H2,1-4H3. The smallest absolute Gasteiger partial charge is 0.279 e. The fourth-order valence-electron chi connectivity index (χ4n) is 3.38. The summed E-state index contributed by atoms with van der Waals surface area (Å²) in [5.74, 6) is 0.325. The van der Waals surface area contributed by atoms with Crippen LogP contribution in [0.2, 0.25) is 0 Å². The van der Waals surface area contributed by atoms with E-state index in [1.54, 1.807) is 14.2 Å². The van der Waals surface area contributed by atoms with E-state index >= 15 is 0 Å². The van der Waals surface area contributed by atoms with Gasteiger partial charge in [0.1, 0.15) is 11.3 Å². The lowest BCUT2D eigenvalue weighted by Gasteiger charge is -2.16. The third-order valence-corrected chi connectivity index (χ3v) is 8.08. The van der Waals surface area contributed by atoms with Crippen molar-refractivity contribution in [2.45, 2.75) is 44.6 Å². The van der Waals surface area contributed by atoms with Crippen LogP contribution in [0.3, 0.4) is 0 Å². The molecule has 0 spiro atoms. The number of thiazole rings is 1. The second-order valence-electron chi connectivity index (χ2n) is 7.46. The zero-order valence-electron chi connectivity index (χ0n) is 18.9. The number of benzene rings is 2. The molecule has 3 rings (SSSR count). The molecule has 1 heterocycles. The molecule has 0 aliphatic heterocycles. The highest BCUT2D eigenvalue weighted by atomic mass is 32.2. The largest absolute Gasteiger partial charge is 0.495 e. The van der Waals surface area contributed by atoms with E-state index in [1.165, 1.54) is 39.9 Å². The molecular formula is C23H29N3O4S2. The Kier molecular flexibility index (Phi) is 7.86. The number of sulfonamides is 1. The van der Waals surface area contributed by atoms with Gasteiger partial charge >= 0.3 is 0 Å². The number of unbranched alkanes of at least 4 members (excludes halogenated alkanes) is 1. The number of ether oxygens (including phenoxy) is 1. The molecule has 0 saturated carbocycles. The van der Waals surface area contributed by atoms with E-state index in [0.29, 0.717) is 23.5 Å². The first-order valence-corrected chi connectivity index (χ1v) is 12.9. The van der Waals surface area contributed by atoms with E-state index in [4.69, 9.17) is 4.74 Å². The van der Waals surface area contributed by atoms with Gasteiger partial charge in [0.2, 0.25) is 10.0 Å². The summed E-state index contributed by atoms with van der Waals surface area (Å²) in [5, 5.41) is 0. The van der Waals surface area contributed by atoms with Crippen molar-refractivity contribution in [3.05, 3.63) is 52.8 Å². The number of fused-ring (bicyclic) bond motifs is 1. The Balaban J connectivity index is 1.95. The van der Waals surface area contributed by atoms with E-state index < -0.39 is 15.9 Å². The molecular weight excluding hydrogens is 446 g/mol. The van der Waals surface area contributed by atoms with Gasteiger partial charge < -0.3 is 9.30 Å². The monoisotopic (exact) mass is 475 g/mol. The lowest BCUT2D eigenvalue weighted by atomic mass is 10.2. The molecule has 1 amide bonds. The van der Waals surface area contributed by atoms with Gasteiger partial charge in [-0.3, -0.25) is 4.79 Å². The van der Waals surface area contributed by atoms with Gasteiger partial charge in [-0.25, -0.2) is 12.7 Å². The molecule has 1 aromatic heterocycles. The van der Waals surface area contributed by atoms with Crippen LogP contribution >= 0.6 is 11.3 Å². The van der Waals surface area contributed by atoms with Gasteiger partial charge in [-0.1, -0.05) is 37.7 Å². The van der Waals surface area contributed by atoms with Crippen molar-refractivity contribution in [2.24, 2.45) is 4.99 Å². The Labute approximate surface area is 193 Å². The van der Waals surface area contributed by atoms with Gasteiger partial charge in [-0.2, -0.15) is 4.99 Å². The lowest BCUT2D eigenvalue weighted by Crippen LogP contribution is -2.27. The van der Waals surface area contributed by atoms with Gasteiger partial charge in [0.25, 0.3) is 5.91 Å². The number of hydrogen-bond acceptors (Lipinski definition) is 5. The van der Waals surface area contributed by atoms with Crippen LogP contribution in [0.25, 0.3) is 10.2 Å². The SMILES string of the molecule is CCCCN(C)S(=O)(=O)c1ccc(C(=O)N=c2sc3cccc(OC)c3n2CCC)cc1. The summed E-state index contributed by atoms with van der Waals surface area (Å²) < 4.78 is 35.2. The summed E-state index contributed by atoms with van der Waals surface area (Å²) in [6.45, 7) is 5.24. The molecule has 0 aliphatic rings. The molecule has 9 heteroatoms. The number of methoxy groups -OCH3 is 1. The first-order chi connectivity index (χ1) is 15.3. The van der Waals surface area contributed by atoms with Crippen LogP contribution in [0.15, 0.2) is 52.4 Å². The highest BCUT2D eigenvalue weighted by Crippen LogP contribution is 2.27. The minimum absolute atomic E-state index is 0.167. The van der Waals surface area contributed by atoms with Crippen molar-refractivity contribution in [2.75, 3.05) is 20.7 Å². The summed E-state index contributed by atoms with van der Waals surface area (Å²) in [7, 11) is -0.380. The van der Waals surface area contributed by atoms with E-state index in [-0.39, 0.29) is 4.90 Å². The maximum absolute atomic E-state index is 12.9. The number of carbonyl (C=O) groups is 1. The molecule has 0 radical (unpaired) electrons. The van der Waals surface area contributed by atoms with Crippen molar-refractivity contribution >= 4 is 37.5 Å². The average Bonchev–Trinajstić information content (AvgIpc) is 3.14. The third-order valence-electron chi connectivity index (χ3n) is 5.16. The normalized spacial score (nSPS) is 12.6. The fraction of sp³-hybridized carbons (Fsp3) is 0.391. The molecule has 0 fully saturated rings. The minimum atomic E-state index is -3.58. The molecule has 0 atom stereocenters. The topological polar surface area (TPSA) is 81.0 Å². The molecule has 0 bridgehead atoms. The van der Waals surface area contributed by atoms with Gasteiger partial charge in [0.05, 0.1) is 16.7 Å². The Morgan fingerprint density at radius 1 is 1.12 bits per heavy atom. The lowest BCUT2D eigenvalue weighted by molar-refractivity contribution is 0.0997. The maximum atomic E-state index is 12.9. The quantitative estimate of drug-likeness (QED) is 0.463. The van der Waals surface area contributed by atoms with E-state index in [1.807, 2.05) is 29.7 Å². The van der Waals surface area contributed by atoms with Crippen LogP contribution in [0.4, 0.5) is 0 Å². The molecule has 7 nitrogen and oxygen atoms in total. The van der Waals surface area contributed by atoms with Crippen molar-refractivity contribution in [3.63, 3.8) is 0 Å². The number of aromatic nitrogens is 1. The van der Waals surface area contributed by atoms with Gasteiger partial charge in [-0.05, 0) is 49.2 Å². The maximum Gasteiger partial charge on any atom is 0.279 e. The number of rotatable bonds is 9. The molecule has 0 N–H and O–H groups in total. The summed E-state index contributed by atoms with van der Waals surface area (Å²) in [6.07, 6.45) is 2.59.